The molecule has 0 radical (unpaired) electrons. The fraction of sp³-hybridized carbons (Fsp3) is 0.278. The molecule has 0 aliphatic rings. The van der Waals surface area contributed by atoms with E-state index in [2.05, 4.69) is 0 Å². The van der Waals surface area contributed by atoms with Crippen LogP contribution in [0.5, 0.6) is 11.5 Å². The predicted molar refractivity (Wildman–Crippen MR) is 88.9 cm³/mol. The fourth-order valence-corrected chi connectivity index (χ4v) is 1.91. The SMILES string of the molecule is CN(C)c1cccc(OC[C@@H](O)COc2ccc(C#N)cc2)c1. The summed E-state index contributed by atoms with van der Waals surface area (Å²) in [5, 5.41) is 18.7. The van der Waals surface area contributed by atoms with Crippen molar-refractivity contribution in [1.29, 1.82) is 5.26 Å². The van der Waals surface area contributed by atoms with Gasteiger partial charge in [0.05, 0.1) is 11.6 Å². The molecular formula is C18H20N2O3. The largest absolute Gasteiger partial charge is 0.491 e. The number of benzene rings is 2. The summed E-state index contributed by atoms with van der Waals surface area (Å²) in [6, 6.07) is 16.4. The third kappa shape index (κ3) is 5.20. The Kier molecular flexibility index (Phi) is 5.84. The molecule has 23 heavy (non-hydrogen) atoms. The Morgan fingerprint density at radius 2 is 1.70 bits per heavy atom. The van der Waals surface area contributed by atoms with Crippen LogP contribution in [0.15, 0.2) is 48.5 Å². The summed E-state index contributed by atoms with van der Waals surface area (Å²) >= 11 is 0. The van der Waals surface area contributed by atoms with E-state index in [1.54, 1.807) is 24.3 Å². The molecule has 2 aromatic carbocycles. The van der Waals surface area contributed by atoms with Crippen molar-refractivity contribution in [1.82, 2.24) is 0 Å². The van der Waals surface area contributed by atoms with Crippen molar-refractivity contribution in [2.75, 3.05) is 32.2 Å². The number of anilines is 1. The lowest BCUT2D eigenvalue weighted by molar-refractivity contribution is 0.0626. The standard InChI is InChI=1S/C18H20N2O3/c1-20(2)15-4-3-5-18(10-15)23-13-16(21)12-22-17-8-6-14(11-19)7-9-17/h3-10,16,21H,12-13H2,1-2H3/t16-/m0/s1. The molecule has 0 bridgehead atoms. The second kappa shape index (κ2) is 8.06. The van der Waals surface area contributed by atoms with E-state index in [1.807, 2.05) is 49.3 Å². The summed E-state index contributed by atoms with van der Waals surface area (Å²) in [7, 11) is 3.92. The van der Waals surface area contributed by atoms with E-state index in [0.29, 0.717) is 17.1 Å². The monoisotopic (exact) mass is 312 g/mol. The molecule has 0 aliphatic heterocycles. The smallest absolute Gasteiger partial charge is 0.122 e. The third-order valence-corrected chi connectivity index (χ3v) is 3.20. The minimum atomic E-state index is -0.742. The number of aliphatic hydroxyl groups excluding tert-OH is 1. The maximum atomic E-state index is 9.94. The number of hydrogen-bond donors (Lipinski definition) is 1. The average Bonchev–Trinajstić information content (AvgIpc) is 2.58. The van der Waals surface area contributed by atoms with Gasteiger partial charge in [-0.1, -0.05) is 6.07 Å². The molecule has 0 saturated carbocycles. The number of hydrogen-bond acceptors (Lipinski definition) is 5. The van der Waals surface area contributed by atoms with E-state index in [-0.39, 0.29) is 13.2 Å². The summed E-state index contributed by atoms with van der Waals surface area (Å²) in [5.41, 5.74) is 1.60. The van der Waals surface area contributed by atoms with E-state index in [0.717, 1.165) is 5.69 Å². The van der Waals surface area contributed by atoms with Gasteiger partial charge in [-0.05, 0) is 36.4 Å². The lowest BCUT2D eigenvalue weighted by atomic mass is 10.2. The summed E-state index contributed by atoms with van der Waals surface area (Å²) in [5.74, 6) is 1.31. The van der Waals surface area contributed by atoms with Crippen molar-refractivity contribution < 1.29 is 14.6 Å². The van der Waals surface area contributed by atoms with Gasteiger partial charge in [0.2, 0.25) is 0 Å². The minimum absolute atomic E-state index is 0.124. The van der Waals surface area contributed by atoms with Crippen LogP contribution in [0.3, 0.4) is 0 Å². The molecule has 1 N–H and O–H groups in total. The van der Waals surface area contributed by atoms with Gasteiger partial charge in [-0.15, -0.1) is 0 Å². The summed E-state index contributed by atoms with van der Waals surface area (Å²) < 4.78 is 11.1. The first-order valence-electron chi connectivity index (χ1n) is 7.29. The Labute approximate surface area is 136 Å². The van der Waals surface area contributed by atoms with Crippen molar-refractivity contribution in [2.24, 2.45) is 0 Å². The summed E-state index contributed by atoms with van der Waals surface area (Å²) in [6.45, 7) is 0.270. The highest BCUT2D eigenvalue weighted by Crippen LogP contribution is 2.19. The Balaban J connectivity index is 1.79. The first-order valence-corrected chi connectivity index (χ1v) is 7.29. The van der Waals surface area contributed by atoms with Crippen LogP contribution in [0.1, 0.15) is 5.56 Å². The molecule has 0 fully saturated rings. The molecule has 5 heteroatoms. The van der Waals surface area contributed by atoms with E-state index in [9.17, 15) is 5.11 Å². The van der Waals surface area contributed by atoms with Gasteiger partial charge in [0.25, 0.3) is 0 Å². The average molecular weight is 312 g/mol. The molecule has 5 nitrogen and oxygen atoms in total. The van der Waals surface area contributed by atoms with Crippen LogP contribution in [0.2, 0.25) is 0 Å². The highest BCUT2D eigenvalue weighted by molar-refractivity contribution is 5.49. The van der Waals surface area contributed by atoms with Crippen LogP contribution in [-0.4, -0.2) is 38.5 Å². The highest BCUT2D eigenvalue weighted by Gasteiger charge is 2.07. The Morgan fingerprint density at radius 1 is 1.04 bits per heavy atom. The Hall–Kier alpha value is -2.71. The minimum Gasteiger partial charge on any atom is -0.491 e. The molecule has 0 aromatic heterocycles. The van der Waals surface area contributed by atoms with E-state index < -0.39 is 6.10 Å². The van der Waals surface area contributed by atoms with Crippen LogP contribution in [0.4, 0.5) is 5.69 Å². The summed E-state index contributed by atoms with van der Waals surface area (Å²) in [6.07, 6.45) is -0.742. The van der Waals surface area contributed by atoms with Gasteiger partial charge in [-0.2, -0.15) is 5.26 Å². The maximum Gasteiger partial charge on any atom is 0.122 e. The number of ether oxygens (including phenoxy) is 2. The lowest BCUT2D eigenvalue weighted by Crippen LogP contribution is -2.25. The molecule has 0 aliphatic carbocycles. The molecular weight excluding hydrogens is 292 g/mol. The van der Waals surface area contributed by atoms with Crippen molar-refractivity contribution in [3.8, 4) is 17.6 Å². The van der Waals surface area contributed by atoms with Gasteiger partial charge in [0.1, 0.15) is 30.8 Å². The Morgan fingerprint density at radius 3 is 2.30 bits per heavy atom. The van der Waals surface area contributed by atoms with Gasteiger partial charge in [0, 0.05) is 25.8 Å². The number of nitrogens with zero attached hydrogens (tertiary/aromatic N) is 2. The summed E-state index contributed by atoms with van der Waals surface area (Å²) in [4.78, 5) is 1.98. The first-order chi connectivity index (χ1) is 11.1. The molecule has 0 amide bonds. The van der Waals surface area contributed by atoms with Crippen molar-refractivity contribution in [2.45, 2.75) is 6.10 Å². The zero-order valence-corrected chi connectivity index (χ0v) is 13.3. The van der Waals surface area contributed by atoms with E-state index in [4.69, 9.17) is 14.7 Å². The van der Waals surface area contributed by atoms with E-state index in [1.165, 1.54) is 0 Å². The maximum absolute atomic E-state index is 9.94. The zero-order chi connectivity index (χ0) is 16.7. The van der Waals surface area contributed by atoms with Crippen LogP contribution < -0.4 is 14.4 Å². The van der Waals surface area contributed by atoms with Gasteiger partial charge < -0.3 is 19.5 Å². The van der Waals surface area contributed by atoms with Crippen molar-refractivity contribution in [3.05, 3.63) is 54.1 Å². The second-order valence-electron chi connectivity index (χ2n) is 5.30. The Bertz CT molecular complexity index is 663. The molecule has 0 saturated heterocycles. The molecule has 2 rings (SSSR count). The van der Waals surface area contributed by atoms with Crippen molar-refractivity contribution in [3.63, 3.8) is 0 Å². The third-order valence-electron chi connectivity index (χ3n) is 3.20. The fourth-order valence-electron chi connectivity index (χ4n) is 1.91. The molecule has 0 heterocycles. The molecule has 2 aromatic rings. The van der Waals surface area contributed by atoms with E-state index >= 15 is 0 Å². The number of rotatable bonds is 7. The van der Waals surface area contributed by atoms with Crippen LogP contribution >= 0.6 is 0 Å². The topological polar surface area (TPSA) is 65.7 Å². The second-order valence-corrected chi connectivity index (χ2v) is 5.30. The lowest BCUT2D eigenvalue weighted by Gasteiger charge is -2.16. The van der Waals surface area contributed by atoms with Gasteiger partial charge in [-0.3, -0.25) is 0 Å². The highest BCUT2D eigenvalue weighted by atomic mass is 16.5. The number of aliphatic hydroxyl groups is 1. The van der Waals surface area contributed by atoms with Crippen LogP contribution in [0, 0.1) is 11.3 Å². The predicted octanol–water partition coefficient (Wildman–Crippen LogP) is 2.44. The molecule has 0 spiro atoms. The quantitative estimate of drug-likeness (QED) is 0.850. The van der Waals surface area contributed by atoms with Gasteiger partial charge in [-0.25, -0.2) is 0 Å². The first kappa shape index (κ1) is 16.7. The van der Waals surface area contributed by atoms with Crippen molar-refractivity contribution >= 4 is 5.69 Å². The molecule has 1 atom stereocenters. The normalized spacial score (nSPS) is 11.4. The zero-order valence-electron chi connectivity index (χ0n) is 13.3. The van der Waals surface area contributed by atoms with Crippen LogP contribution in [0.25, 0.3) is 0 Å². The van der Waals surface area contributed by atoms with Gasteiger partial charge >= 0.3 is 0 Å². The van der Waals surface area contributed by atoms with Crippen LogP contribution in [-0.2, 0) is 0 Å². The van der Waals surface area contributed by atoms with Gasteiger partial charge in [0.15, 0.2) is 0 Å². The number of nitriles is 1. The molecule has 0 unspecified atom stereocenters. The molecule has 120 valence electrons.